The molecule has 4 nitrogen and oxygen atoms in total. The van der Waals surface area contributed by atoms with E-state index < -0.39 is 0 Å². The maximum atomic E-state index is 6.40. The van der Waals surface area contributed by atoms with E-state index >= 15 is 0 Å². The average molecular weight is 328 g/mol. The van der Waals surface area contributed by atoms with Crippen molar-refractivity contribution >= 4 is 33.2 Å². The maximum absolute atomic E-state index is 6.40. The van der Waals surface area contributed by atoms with Gasteiger partial charge in [-0.3, -0.25) is 9.97 Å². The van der Waals surface area contributed by atoms with E-state index in [1.54, 1.807) is 0 Å². The molecule has 0 unspecified atom stereocenters. The van der Waals surface area contributed by atoms with E-state index in [4.69, 9.17) is 11.5 Å². The summed E-state index contributed by atoms with van der Waals surface area (Å²) in [6, 6.07) is 16.3. The van der Waals surface area contributed by atoms with E-state index in [-0.39, 0.29) is 0 Å². The van der Waals surface area contributed by atoms with Crippen LogP contribution in [0.3, 0.4) is 0 Å². The fraction of sp³-hybridized carbons (Fsp3) is 0.143. The molecule has 0 saturated carbocycles. The predicted molar refractivity (Wildman–Crippen MR) is 105 cm³/mol. The minimum atomic E-state index is 0.702. The van der Waals surface area contributed by atoms with Crippen molar-refractivity contribution in [2.45, 2.75) is 20.3 Å². The molecule has 4 rings (SSSR count). The molecule has 2 aromatic heterocycles. The summed E-state index contributed by atoms with van der Waals surface area (Å²) in [5.74, 6) is 0. The summed E-state index contributed by atoms with van der Waals surface area (Å²) in [6.07, 6.45) is 0.726. The van der Waals surface area contributed by atoms with Crippen LogP contribution in [-0.4, -0.2) is 9.97 Å². The van der Waals surface area contributed by atoms with Gasteiger partial charge in [0, 0.05) is 27.8 Å². The number of pyridine rings is 2. The minimum Gasteiger partial charge on any atom is -0.398 e. The number of aryl methyl sites for hydroxylation is 2. The lowest BCUT2D eigenvalue weighted by Crippen LogP contribution is -2.00. The van der Waals surface area contributed by atoms with Gasteiger partial charge < -0.3 is 11.5 Å². The highest BCUT2D eigenvalue weighted by atomic mass is 14.7. The largest absolute Gasteiger partial charge is 0.398 e. The average Bonchev–Trinajstić information content (AvgIpc) is 2.58. The molecule has 4 heteroatoms. The summed E-state index contributed by atoms with van der Waals surface area (Å²) in [7, 11) is 0. The molecule has 0 saturated heterocycles. The first-order valence-electron chi connectivity index (χ1n) is 8.32. The van der Waals surface area contributed by atoms with Gasteiger partial charge in [0.15, 0.2) is 0 Å². The van der Waals surface area contributed by atoms with Gasteiger partial charge in [0.2, 0.25) is 0 Å². The number of nitrogen functional groups attached to an aromatic ring is 2. The molecule has 0 bridgehead atoms. The van der Waals surface area contributed by atoms with E-state index in [1.807, 2.05) is 44.2 Å². The molecule has 0 aliphatic carbocycles. The number of rotatable bonds is 2. The summed E-state index contributed by atoms with van der Waals surface area (Å²) in [5, 5.41) is 2.05. The number of benzene rings is 2. The highest BCUT2D eigenvalue weighted by Gasteiger charge is 2.09. The number of nitrogens with zero attached hydrogens (tertiary/aromatic N) is 2. The molecular weight excluding hydrogens is 308 g/mol. The Labute approximate surface area is 146 Å². The lowest BCUT2D eigenvalue weighted by molar-refractivity contribution is 1.19. The number of aromatic nitrogens is 2. The molecule has 0 fully saturated rings. The molecule has 0 aliphatic rings. The zero-order valence-electron chi connectivity index (χ0n) is 14.4. The van der Waals surface area contributed by atoms with Gasteiger partial charge in [-0.25, -0.2) is 0 Å². The Kier molecular flexibility index (Phi) is 3.53. The first-order chi connectivity index (χ1) is 12.0. The highest BCUT2D eigenvalue weighted by molar-refractivity contribution is 5.93. The summed E-state index contributed by atoms with van der Waals surface area (Å²) >= 11 is 0. The van der Waals surface area contributed by atoms with Crippen LogP contribution in [0.4, 0.5) is 11.4 Å². The van der Waals surface area contributed by atoms with Crippen molar-refractivity contribution < 1.29 is 0 Å². The first-order valence-corrected chi connectivity index (χ1v) is 8.32. The summed E-state index contributed by atoms with van der Waals surface area (Å²) in [4.78, 5) is 9.07. The van der Waals surface area contributed by atoms with Gasteiger partial charge in [-0.1, -0.05) is 12.1 Å². The van der Waals surface area contributed by atoms with Gasteiger partial charge in [0.05, 0.1) is 16.7 Å². The molecule has 25 heavy (non-hydrogen) atoms. The second-order valence-electron chi connectivity index (χ2n) is 6.54. The summed E-state index contributed by atoms with van der Waals surface area (Å²) < 4.78 is 0. The van der Waals surface area contributed by atoms with Crippen molar-refractivity contribution in [2.24, 2.45) is 0 Å². The Morgan fingerprint density at radius 1 is 0.840 bits per heavy atom. The number of hydrogen-bond donors (Lipinski definition) is 2. The number of hydrogen-bond acceptors (Lipinski definition) is 4. The van der Waals surface area contributed by atoms with Gasteiger partial charge in [0.1, 0.15) is 0 Å². The summed E-state index contributed by atoms with van der Waals surface area (Å²) in [5.41, 5.74) is 20.1. The van der Waals surface area contributed by atoms with Gasteiger partial charge >= 0.3 is 0 Å². The van der Waals surface area contributed by atoms with Gasteiger partial charge in [-0.05, 0) is 67.8 Å². The molecule has 124 valence electrons. The van der Waals surface area contributed by atoms with Crippen LogP contribution in [0, 0.1) is 13.8 Å². The number of anilines is 2. The van der Waals surface area contributed by atoms with Crippen LogP contribution in [0.15, 0.2) is 48.5 Å². The molecule has 0 aliphatic heterocycles. The smallest absolute Gasteiger partial charge is 0.0934 e. The predicted octanol–water partition coefficient (Wildman–Crippen LogP) is 4.16. The van der Waals surface area contributed by atoms with Crippen LogP contribution in [-0.2, 0) is 6.42 Å². The molecule has 0 atom stereocenters. The minimum absolute atomic E-state index is 0.702. The third-order valence-corrected chi connectivity index (χ3v) is 4.56. The van der Waals surface area contributed by atoms with Crippen molar-refractivity contribution in [3.05, 3.63) is 71.0 Å². The van der Waals surface area contributed by atoms with E-state index in [0.717, 1.165) is 56.4 Å². The zero-order chi connectivity index (χ0) is 17.6. The topological polar surface area (TPSA) is 77.8 Å². The van der Waals surface area contributed by atoms with Crippen LogP contribution in [0.1, 0.15) is 22.5 Å². The molecule has 2 aromatic carbocycles. The standard InChI is InChI=1S/C21H20N4/c1-12-4-7-17-19(24-12)8-6-15(20(17)23)9-14-10-16-5-3-13(2)25-21(16)18(22)11-14/h3-8,10-11H,9,22-23H2,1-2H3. The quantitative estimate of drug-likeness (QED) is 0.542. The van der Waals surface area contributed by atoms with Crippen LogP contribution in [0.25, 0.3) is 21.8 Å². The molecule has 4 aromatic rings. The van der Waals surface area contributed by atoms with E-state index in [9.17, 15) is 0 Å². The number of nitrogens with two attached hydrogens (primary N) is 2. The van der Waals surface area contributed by atoms with Crippen molar-refractivity contribution in [3.63, 3.8) is 0 Å². The van der Waals surface area contributed by atoms with Crippen LogP contribution >= 0.6 is 0 Å². The van der Waals surface area contributed by atoms with Gasteiger partial charge in [-0.15, -0.1) is 0 Å². The second-order valence-corrected chi connectivity index (χ2v) is 6.54. The lowest BCUT2D eigenvalue weighted by atomic mass is 9.98. The fourth-order valence-electron chi connectivity index (χ4n) is 3.27. The second kappa shape index (κ2) is 5.74. The van der Waals surface area contributed by atoms with E-state index in [1.165, 1.54) is 0 Å². The Bertz CT molecular complexity index is 1120. The molecule has 2 heterocycles. The normalized spacial score (nSPS) is 11.3. The monoisotopic (exact) mass is 328 g/mol. The third-order valence-electron chi connectivity index (χ3n) is 4.56. The van der Waals surface area contributed by atoms with Crippen LogP contribution < -0.4 is 11.5 Å². The molecule has 0 spiro atoms. The molecule has 0 amide bonds. The van der Waals surface area contributed by atoms with Crippen molar-refractivity contribution in [3.8, 4) is 0 Å². The van der Waals surface area contributed by atoms with Crippen molar-refractivity contribution in [1.82, 2.24) is 9.97 Å². The maximum Gasteiger partial charge on any atom is 0.0934 e. The van der Waals surface area contributed by atoms with E-state index in [0.29, 0.717) is 5.69 Å². The summed E-state index contributed by atoms with van der Waals surface area (Å²) in [6.45, 7) is 3.95. The zero-order valence-corrected chi connectivity index (χ0v) is 14.4. The SMILES string of the molecule is Cc1ccc2c(N)c(Cc3cc(N)c4nc(C)ccc4c3)ccc2n1. The molecular formula is C21H20N4. The Hall–Kier alpha value is -3.14. The van der Waals surface area contributed by atoms with Crippen molar-refractivity contribution in [1.29, 1.82) is 0 Å². The third kappa shape index (κ3) is 2.76. The molecule has 0 radical (unpaired) electrons. The van der Waals surface area contributed by atoms with Gasteiger partial charge in [0.25, 0.3) is 0 Å². The Morgan fingerprint density at radius 3 is 2.44 bits per heavy atom. The lowest BCUT2D eigenvalue weighted by Gasteiger charge is -2.11. The molecule has 4 N–H and O–H groups in total. The Balaban J connectivity index is 1.78. The van der Waals surface area contributed by atoms with Gasteiger partial charge in [-0.2, -0.15) is 0 Å². The van der Waals surface area contributed by atoms with Crippen LogP contribution in [0.5, 0.6) is 0 Å². The first kappa shape index (κ1) is 15.4. The van der Waals surface area contributed by atoms with Crippen LogP contribution in [0.2, 0.25) is 0 Å². The Morgan fingerprint density at radius 2 is 1.60 bits per heavy atom. The van der Waals surface area contributed by atoms with E-state index in [2.05, 4.69) is 28.2 Å². The number of fused-ring (bicyclic) bond motifs is 2. The van der Waals surface area contributed by atoms with Crippen molar-refractivity contribution in [2.75, 3.05) is 11.5 Å². The highest BCUT2D eigenvalue weighted by Crippen LogP contribution is 2.28. The fourth-order valence-corrected chi connectivity index (χ4v) is 3.27.